The molecule has 0 amide bonds. The molecule has 0 aliphatic heterocycles. The van der Waals surface area contributed by atoms with Crippen molar-refractivity contribution in [3.05, 3.63) is 63.4 Å². The number of ether oxygens (including phenoxy) is 1. The molecule has 2 rings (SSSR count). The lowest BCUT2D eigenvalue weighted by molar-refractivity contribution is 0.103. The molecule has 19 heavy (non-hydrogen) atoms. The Kier molecular flexibility index (Phi) is 4.00. The van der Waals surface area contributed by atoms with Crippen molar-refractivity contribution in [3.63, 3.8) is 0 Å². The first-order chi connectivity index (χ1) is 9.02. The molecule has 0 aliphatic rings. The summed E-state index contributed by atoms with van der Waals surface area (Å²) in [5.41, 5.74) is 1.87. The van der Waals surface area contributed by atoms with Gasteiger partial charge in [-0.2, -0.15) is 0 Å². The van der Waals surface area contributed by atoms with E-state index < -0.39 is 0 Å². The Hall–Kier alpha value is -1.68. The summed E-state index contributed by atoms with van der Waals surface area (Å²) in [5.74, 6) is 0.107. The minimum absolute atomic E-state index is 0.176. The first kappa shape index (κ1) is 13.7. The van der Waals surface area contributed by atoms with E-state index in [0.717, 1.165) is 5.56 Å². The molecule has 0 fully saturated rings. The van der Waals surface area contributed by atoms with Gasteiger partial charge in [0, 0.05) is 15.6 Å². The number of hydrogen-bond acceptors (Lipinski definition) is 2. The van der Waals surface area contributed by atoms with E-state index in [1.165, 1.54) is 24.3 Å². The monoisotopic (exact) mass is 322 g/mol. The first-order valence-electron chi connectivity index (χ1n) is 5.67. The Labute approximate surface area is 119 Å². The number of methoxy groups -OCH3 is 1. The highest BCUT2D eigenvalue weighted by Crippen LogP contribution is 2.28. The topological polar surface area (TPSA) is 26.3 Å². The third-order valence-electron chi connectivity index (χ3n) is 2.84. The van der Waals surface area contributed by atoms with Crippen molar-refractivity contribution in [2.75, 3.05) is 7.11 Å². The SMILES string of the molecule is COc1cc(C(=O)c2ccc(F)cc2)c(Br)cc1C. The average molecular weight is 323 g/mol. The molecule has 98 valence electrons. The number of rotatable bonds is 3. The van der Waals surface area contributed by atoms with Gasteiger partial charge in [0.15, 0.2) is 5.78 Å². The number of carbonyl (C=O) groups excluding carboxylic acids is 1. The van der Waals surface area contributed by atoms with E-state index in [4.69, 9.17) is 4.74 Å². The van der Waals surface area contributed by atoms with Gasteiger partial charge in [-0.25, -0.2) is 4.39 Å². The fourth-order valence-corrected chi connectivity index (χ4v) is 2.44. The number of benzene rings is 2. The summed E-state index contributed by atoms with van der Waals surface area (Å²) < 4.78 is 18.8. The van der Waals surface area contributed by atoms with Gasteiger partial charge in [0.1, 0.15) is 11.6 Å². The van der Waals surface area contributed by atoms with Crippen LogP contribution in [-0.4, -0.2) is 12.9 Å². The van der Waals surface area contributed by atoms with Crippen LogP contribution in [0.2, 0.25) is 0 Å². The Balaban J connectivity index is 2.46. The zero-order valence-corrected chi connectivity index (χ0v) is 12.1. The van der Waals surface area contributed by atoms with Crippen LogP contribution in [0.15, 0.2) is 40.9 Å². The van der Waals surface area contributed by atoms with E-state index in [1.54, 1.807) is 13.2 Å². The van der Waals surface area contributed by atoms with Gasteiger partial charge in [-0.3, -0.25) is 4.79 Å². The highest BCUT2D eigenvalue weighted by Gasteiger charge is 2.15. The average Bonchev–Trinajstić information content (AvgIpc) is 2.39. The van der Waals surface area contributed by atoms with Gasteiger partial charge in [-0.1, -0.05) is 15.9 Å². The van der Waals surface area contributed by atoms with Crippen molar-refractivity contribution in [1.82, 2.24) is 0 Å². The molecule has 0 radical (unpaired) electrons. The molecule has 0 aliphatic carbocycles. The highest BCUT2D eigenvalue weighted by atomic mass is 79.9. The predicted octanol–water partition coefficient (Wildman–Crippen LogP) is 4.14. The van der Waals surface area contributed by atoms with Crippen LogP contribution in [-0.2, 0) is 0 Å². The van der Waals surface area contributed by atoms with Crippen LogP contribution in [0, 0.1) is 12.7 Å². The van der Waals surface area contributed by atoms with Crippen molar-refractivity contribution in [1.29, 1.82) is 0 Å². The van der Waals surface area contributed by atoms with Gasteiger partial charge in [0.05, 0.1) is 7.11 Å². The van der Waals surface area contributed by atoms with Crippen LogP contribution < -0.4 is 4.74 Å². The molecule has 0 unspecified atom stereocenters. The quantitative estimate of drug-likeness (QED) is 0.794. The second-order valence-corrected chi connectivity index (χ2v) is 4.99. The van der Waals surface area contributed by atoms with Crippen molar-refractivity contribution in [2.24, 2.45) is 0 Å². The van der Waals surface area contributed by atoms with E-state index in [9.17, 15) is 9.18 Å². The molecule has 0 atom stereocenters. The lowest BCUT2D eigenvalue weighted by Gasteiger charge is -2.09. The maximum Gasteiger partial charge on any atom is 0.194 e. The number of hydrogen-bond donors (Lipinski definition) is 0. The van der Waals surface area contributed by atoms with Crippen LogP contribution in [0.4, 0.5) is 4.39 Å². The predicted molar refractivity (Wildman–Crippen MR) is 75.3 cm³/mol. The Morgan fingerprint density at radius 1 is 1.21 bits per heavy atom. The summed E-state index contributed by atoms with van der Waals surface area (Å²) in [6, 6.07) is 8.99. The molecule has 0 saturated carbocycles. The van der Waals surface area contributed by atoms with E-state index >= 15 is 0 Å². The fourth-order valence-electron chi connectivity index (χ4n) is 1.80. The van der Waals surface area contributed by atoms with Gasteiger partial charge in [0.2, 0.25) is 0 Å². The largest absolute Gasteiger partial charge is 0.496 e. The molecular formula is C15H12BrFO2. The second-order valence-electron chi connectivity index (χ2n) is 4.14. The van der Waals surface area contributed by atoms with Gasteiger partial charge >= 0.3 is 0 Å². The molecule has 0 heterocycles. The van der Waals surface area contributed by atoms with Crippen LogP contribution in [0.3, 0.4) is 0 Å². The molecule has 0 spiro atoms. The summed E-state index contributed by atoms with van der Waals surface area (Å²) in [4.78, 5) is 12.3. The molecule has 0 saturated heterocycles. The Bertz CT molecular complexity index is 621. The van der Waals surface area contributed by atoms with E-state index in [0.29, 0.717) is 21.3 Å². The zero-order chi connectivity index (χ0) is 14.0. The third-order valence-corrected chi connectivity index (χ3v) is 3.49. The molecule has 2 aromatic carbocycles. The molecule has 2 nitrogen and oxygen atoms in total. The first-order valence-corrected chi connectivity index (χ1v) is 6.46. The molecule has 2 aromatic rings. The van der Waals surface area contributed by atoms with Crippen LogP contribution in [0.1, 0.15) is 21.5 Å². The minimum Gasteiger partial charge on any atom is -0.496 e. The second kappa shape index (κ2) is 5.53. The normalized spacial score (nSPS) is 10.3. The van der Waals surface area contributed by atoms with Crippen molar-refractivity contribution in [3.8, 4) is 5.75 Å². The summed E-state index contributed by atoms with van der Waals surface area (Å²) in [7, 11) is 1.56. The van der Waals surface area contributed by atoms with Crippen molar-refractivity contribution >= 4 is 21.7 Å². The Morgan fingerprint density at radius 3 is 2.42 bits per heavy atom. The lowest BCUT2D eigenvalue weighted by atomic mass is 10.0. The molecule has 0 aromatic heterocycles. The molecule has 0 bridgehead atoms. The van der Waals surface area contributed by atoms with E-state index in [-0.39, 0.29) is 11.6 Å². The van der Waals surface area contributed by atoms with E-state index in [2.05, 4.69) is 15.9 Å². The highest BCUT2D eigenvalue weighted by molar-refractivity contribution is 9.10. The summed E-state index contributed by atoms with van der Waals surface area (Å²) in [6.07, 6.45) is 0. The fraction of sp³-hybridized carbons (Fsp3) is 0.133. The minimum atomic E-state index is -0.364. The maximum absolute atomic E-state index is 12.9. The standard InChI is InChI=1S/C15H12BrFO2/c1-9-7-13(16)12(8-14(9)19-2)15(18)10-3-5-11(17)6-4-10/h3-8H,1-2H3. The lowest BCUT2D eigenvalue weighted by Crippen LogP contribution is -2.03. The molecule has 0 N–H and O–H groups in total. The van der Waals surface area contributed by atoms with Crippen LogP contribution in [0.5, 0.6) is 5.75 Å². The van der Waals surface area contributed by atoms with Crippen molar-refractivity contribution in [2.45, 2.75) is 6.92 Å². The number of ketones is 1. The molecule has 4 heteroatoms. The third kappa shape index (κ3) is 2.84. The Morgan fingerprint density at radius 2 is 1.84 bits per heavy atom. The zero-order valence-electron chi connectivity index (χ0n) is 10.5. The van der Waals surface area contributed by atoms with E-state index in [1.807, 2.05) is 13.0 Å². The van der Waals surface area contributed by atoms with Crippen molar-refractivity contribution < 1.29 is 13.9 Å². The van der Waals surface area contributed by atoms with Crippen LogP contribution in [0.25, 0.3) is 0 Å². The number of carbonyl (C=O) groups is 1. The van der Waals surface area contributed by atoms with Gasteiger partial charge < -0.3 is 4.74 Å². The van der Waals surface area contributed by atoms with Gasteiger partial charge in [0.25, 0.3) is 0 Å². The number of halogens is 2. The maximum atomic E-state index is 12.9. The summed E-state index contributed by atoms with van der Waals surface area (Å²) in [6.45, 7) is 1.90. The molecular weight excluding hydrogens is 311 g/mol. The summed E-state index contributed by atoms with van der Waals surface area (Å²) in [5, 5.41) is 0. The van der Waals surface area contributed by atoms with Gasteiger partial charge in [-0.05, 0) is 48.9 Å². The van der Waals surface area contributed by atoms with Crippen LogP contribution >= 0.6 is 15.9 Å². The number of aryl methyl sites for hydroxylation is 1. The van der Waals surface area contributed by atoms with Gasteiger partial charge in [-0.15, -0.1) is 0 Å². The smallest absolute Gasteiger partial charge is 0.194 e. The summed E-state index contributed by atoms with van der Waals surface area (Å²) >= 11 is 3.37.